The van der Waals surface area contributed by atoms with Crippen LogP contribution in [-0.4, -0.2) is 46.8 Å². The van der Waals surface area contributed by atoms with Crippen molar-refractivity contribution in [1.29, 1.82) is 0 Å². The van der Waals surface area contributed by atoms with E-state index in [1.165, 1.54) is 12.1 Å². The number of piperidine rings is 1. The summed E-state index contributed by atoms with van der Waals surface area (Å²) >= 11 is 9.26. The molecule has 1 aliphatic rings. The zero-order valence-corrected chi connectivity index (χ0v) is 16.2. The highest BCUT2D eigenvalue weighted by Crippen LogP contribution is 2.26. The van der Waals surface area contributed by atoms with Gasteiger partial charge in [-0.3, -0.25) is 4.90 Å². The third-order valence-electron chi connectivity index (χ3n) is 4.18. The number of aldehydes is 1. The lowest BCUT2D eigenvalue weighted by atomic mass is 10.1. The van der Waals surface area contributed by atoms with E-state index >= 15 is 0 Å². The van der Waals surface area contributed by atoms with E-state index < -0.39 is 5.82 Å². The topological polar surface area (TPSA) is 70.2 Å². The molecule has 2 heterocycles. The molecule has 2 N–H and O–H groups in total. The van der Waals surface area contributed by atoms with Crippen molar-refractivity contribution in [3.05, 3.63) is 39.7 Å². The van der Waals surface area contributed by atoms with E-state index in [1.54, 1.807) is 12.3 Å². The summed E-state index contributed by atoms with van der Waals surface area (Å²) in [6, 6.07) is 4.62. The molecule has 0 bridgehead atoms. The highest BCUT2D eigenvalue weighted by Gasteiger charge is 2.20. The summed E-state index contributed by atoms with van der Waals surface area (Å²) in [4.78, 5) is 21.4. The predicted octanol–water partition coefficient (Wildman–Crippen LogP) is 3.85. The molecule has 138 valence electrons. The molecule has 0 aliphatic carbocycles. The summed E-state index contributed by atoms with van der Waals surface area (Å²) in [6.07, 6.45) is 4.46. The number of benzene rings is 1. The van der Waals surface area contributed by atoms with Crippen LogP contribution in [0.1, 0.15) is 12.8 Å². The number of hydrogen-bond donors (Lipinski definition) is 2. The average molecular weight is 443 g/mol. The fourth-order valence-electron chi connectivity index (χ4n) is 2.79. The van der Waals surface area contributed by atoms with Crippen LogP contribution < -0.4 is 10.6 Å². The smallest absolute Gasteiger partial charge is 0.229 e. The van der Waals surface area contributed by atoms with Crippen LogP contribution in [0.15, 0.2) is 28.9 Å². The maximum Gasteiger partial charge on any atom is 0.229 e. The first kappa shape index (κ1) is 19.0. The van der Waals surface area contributed by atoms with Gasteiger partial charge < -0.3 is 15.4 Å². The SMILES string of the molecule is O=CCN1CCC(Nc2nc(Nc3ccc(F)c(Cl)c3)ncc2Br)CC1. The third kappa shape index (κ3) is 4.90. The van der Waals surface area contributed by atoms with Crippen molar-refractivity contribution in [2.75, 3.05) is 30.3 Å². The number of nitrogens with zero attached hydrogens (tertiary/aromatic N) is 3. The van der Waals surface area contributed by atoms with Gasteiger partial charge in [-0.05, 0) is 47.0 Å². The Morgan fingerprint density at radius 1 is 1.38 bits per heavy atom. The van der Waals surface area contributed by atoms with E-state index in [1.807, 2.05) is 0 Å². The van der Waals surface area contributed by atoms with Crippen molar-refractivity contribution >= 4 is 51.3 Å². The minimum atomic E-state index is -0.475. The number of carbonyl (C=O) groups is 1. The van der Waals surface area contributed by atoms with Crippen molar-refractivity contribution in [2.24, 2.45) is 0 Å². The van der Waals surface area contributed by atoms with Gasteiger partial charge in [0.05, 0.1) is 16.0 Å². The Morgan fingerprint density at radius 3 is 2.85 bits per heavy atom. The summed E-state index contributed by atoms with van der Waals surface area (Å²) in [5.41, 5.74) is 0.604. The second kappa shape index (κ2) is 8.75. The molecule has 9 heteroatoms. The Balaban J connectivity index is 1.66. The molecule has 0 spiro atoms. The molecule has 2 aromatic rings. The molecule has 3 rings (SSSR count). The number of aromatic nitrogens is 2. The number of rotatable bonds is 6. The van der Waals surface area contributed by atoms with Gasteiger partial charge in [-0.25, -0.2) is 9.37 Å². The highest BCUT2D eigenvalue weighted by molar-refractivity contribution is 9.10. The zero-order chi connectivity index (χ0) is 18.5. The van der Waals surface area contributed by atoms with E-state index in [-0.39, 0.29) is 11.1 Å². The Hall–Kier alpha value is -1.77. The van der Waals surface area contributed by atoms with Gasteiger partial charge in [-0.15, -0.1) is 0 Å². The lowest BCUT2D eigenvalue weighted by molar-refractivity contribution is -0.109. The van der Waals surface area contributed by atoms with Crippen LogP contribution in [0.4, 0.5) is 21.8 Å². The van der Waals surface area contributed by atoms with E-state index in [9.17, 15) is 9.18 Å². The fourth-order valence-corrected chi connectivity index (χ4v) is 3.28. The molecule has 0 unspecified atom stereocenters. The van der Waals surface area contributed by atoms with Crippen molar-refractivity contribution in [1.82, 2.24) is 14.9 Å². The summed E-state index contributed by atoms with van der Waals surface area (Å²) in [6.45, 7) is 2.23. The first-order valence-electron chi connectivity index (χ1n) is 8.22. The molecule has 1 fully saturated rings. The summed E-state index contributed by atoms with van der Waals surface area (Å²) in [5, 5.41) is 6.47. The monoisotopic (exact) mass is 441 g/mol. The van der Waals surface area contributed by atoms with Crippen LogP contribution in [0.25, 0.3) is 0 Å². The second-order valence-electron chi connectivity index (χ2n) is 6.03. The number of carbonyl (C=O) groups excluding carboxylic acids is 1. The van der Waals surface area contributed by atoms with E-state index in [0.717, 1.165) is 36.7 Å². The van der Waals surface area contributed by atoms with Crippen LogP contribution in [0.2, 0.25) is 5.02 Å². The van der Waals surface area contributed by atoms with Crippen LogP contribution >= 0.6 is 27.5 Å². The molecule has 1 aliphatic heterocycles. The largest absolute Gasteiger partial charge is 0.366 e. The summed E-state index contributed by atoms with van der Waals surface area (Å²) in [7, 11) is 0. The Morgan fingerprint density at radius 2 is 2.15 bits per heavy atom. The molecule has 0 radical (unpaired) electrons. The molecule has 0 atom stereocenters. The van der Waals surface area contributed by atoms with Gasteiger partial charge in [-0.1, -0.05) is 11.6 Å². The third-order valence-corrected chi connectivity index (χ3v) is 5.05. The first-order valence-corrected chi connectivity index (χ1v) is 9.39. The Kier molecular flexibility index (Phi) is 6.39. The van der Waals surface area contributed by atoms with Gasteiger partial charge in [0.15, 0.2) is 0 Å². The van der Waals surface area contributed by atoms with E-state index in [4.69, 9.17) is 11.6 Å². The van der Waals surface area contributed by atoms with Gasteiger partial charge >= 0.3 is 0 Å². The van der Waals surface area contributed by atoms with Gasteiger partial charge in [-0.2, -0.15) is 4.98 Å². The van der Waals surface area contributed by atoms with E-state index in [2.05, 4.69) is 41.4 Å². The van der Waals surface area contributed by atoms with Crippen molar-refractivity contribution in [3.8, 4) is 0 Å². The summed E-state index contributed by atoms with van der Waals surface area (Å²) in [5.74, 6) is 0.596. The second-order valence-corrected chi connectivity index (χ2v) is 7.29. The number of halogens is 3. The molecule has 1 aromatic heterocycles. The normalized spacial score (nSPS) is 15.7. The number of hydrogen-bond acceptors (Lipinski definition) is 6. The number of anilines is 3. The van der Waals surface area contributed by atoms with Gasteiger partial charge in [0, 0.05) is 31.0 Å². The summed E-state index contributed by atoms with van der Waals surface area (Å²) < 4.78 is 14.0. The average Bonchev–Trinajstić information content (AvgIpc) is 2.63. The number of nitrogens with one attached hydrogen (secondary N) is 2. The number of likely N-dealkylation sites (tertiary alicyclic amines) is 1. The molecule has 1 saturated heterocycles. The van der Waals surface area contributed by atoms with Gasteiger partial charge in [0.2, 0.25) is 5.95 Å². The standard InChI is InChI=1S/C17H18BrClFN5O/c18-13-10-21-17(23-12-1-2-15(20)14(19)9-12)24-16(13)22-11-3-5-25(6-4-11)7-8-26/h1-2,8-11H,3-7H2,(H2,21,22,23,24). The molecule has 0 amide bonds. The highest BCUT2D eigenvalue weighted by atomic mass is 79.9. The maximum absolute atomic E-state index is 13.3. The van der Waals surface area contributed by atoms with E-state index in [0.29, 0.717) is 24.0 Å². The van der Waals surface area contributed by atoms with Crippen molar-refractivity contribution in [2.45, 2.75) is 18.9 Å². The molecular formula is C17H18BrClFN5O. The zero-order valence-electron chi connectivity index (χ0n) is 13.9. The lowest BCUT2D eigenvalue weighted by Gasteiger charge is -2.31. The van der Waals surface area contributed by atoms with Crippen LogP contribution in [0.3, 0.4) is 0 Å². The molecule has 26 heavy (non-hydrogen) atoms. The Bertz CT molecular complexity index is 786. The molecule has 6 nitrogen and oxygen atoms in total. The quantitative estimate of drug-likeness (QED) is 0.662. The lowest BCUT2D eigenvalue weighted by Crippen LogP contribution is -2.40. The first-order chi connectivity index (χ1) is 12.5. The molecular weight excluding hydrogens is 425 g/mol. The van der Waals surface area contributed by atoms with Crippen molar-refractivity contribution < 1.29 is 9.18 Å². The molecule has 1 aromatic carbocycles. The predicted molar refractivity (Wildman–Crippen MR) is 104 cm³/mol. The van der Waals surface area contributed by atoms with Crippen LogP contribution in [0, 0.1) is 5.82 Å². The minimum absolute atomic E-state index is 0.0348. The maximum atomic E-state index is 13.3. The Labute approximate surface area is 164 Å². The fraction of sp³-hybridized carbons (Fsp3) is 0.353. The minimum Gasteiger partial charge on any atom is -0.366 e. The van der Waals surface area contributed by atoms with Gasteiger partial charge in [0.25, 0.3) is 0 Å². The molecule has 0 saturated carbocycles. The van der Waals surface area contributed by atoms with Crippen LogP contribution in [0.5, 0.6) is 0 Å². The van der Waals surface area contributed by atoms with Gasteiger partial charge in [0.1, 0.15) is 17.9 Å². The van der Waals surface area contributed by atoms with Crippen molar-refractivity contribution in [3.63, 3.8) is 0 Å². The van der Waals surface area contributed by atoms with Crippen LogP contribution in [-0.2, 0) is 4.79 Å².